The molecule has 0 radical (unpaired) electrons. The Morgan fingerprint density at radius 2 is 2.10 bits per heavy atom. The molecule has 0 bridgehead atoms. The van der Waals surface area contributed by atoms with Crippen LogP contribution in [0.25, 0.3) is 0 Å². The molecule has 0 aliphatic heterocycles. The predicted octanol–water partition coefficient (Wildman–Crippen LogP) is 2.84. The van der Waals surface area contributed by atoms with Gasteiger partial charge in [-0.3, -0.25) is 0 Å². The van der Waals surface area contributed by atoms with Crippen LogP contribution in [0.2, 0.25) is 0 Å². The maximum absolute atomic E-state index is 4.40. The van der Waals surface area contributed by atoms with Crippen LogP contribution in [0.1, 0.15) is 20.3 Å². The van der Waals surface area contributed by atoms with E-state index >= 15 is 0 Å². The lowest BCUT2D eigenvalue weighted by Crippen LogP contribution is -2.05. The Bertz CT molecular complexity index is 201. The van der Waals surface area contributed by atoms with Crippen molar-refractivity contribution in [1.82, 2.24) is 0 Å². The van der Waals surface area contributed by atoms with Gasteiger partial charge in [-0.05, 0) is 30.7 Å². The van der Waals surface area contributed by atoms with E-state index in [0.717, 1.165) is 6.42 Å². The molecule has 0 heterocycles. The van der Waals surface area contributed by atoms with Crippen LogP contribution < -0.4 is 0 Å². The third-order valence-electron chi connectivity index (χ3n) is 1.81. The van der Waals surface area contributed by atoms with Gasteiger partial charge in [-0.1, -0.05) is 11.6 Å². The van der Waals surface area contributed by atoms with E-state index in [-0.39, 0.29) is 0 Å². The van der Waals surface area contributed by atoms with Crippen LogP contribution in [0.15, 0.2) is 22.1 Å². The Hall–Kier alpha value is 0.180. The molecule has 0 saturated heterocycles. The van der Waals surface area contributed by atoms with Crippen molar-refractivity contribution in [2.24, 2.45) is 0 Å². The van der Waals surface area contributed by atoms with Gasteiger partial charge in [0.15, 0.2) is 0 Å². The second kappa shape index (κ2) is 3.05. The van der Waals surface area contributed by atoms with Crippen molar-refractivity contribution in [1.29, 1.82) is 0 Å². The molecule has 0 amide bonds. The van der Waals surface area contributed by atoms with Gasteiger partial charge in [0, 0.05) is 5.25 Å². The van der Waals surface area contributed by atoms with Crippen molar-refractivity contribution in [2.75, 3.05) is 0 Å². The summed E-state index contributed by atoms with van der Waals surface area (Å²) in [5.41, 5.74) is 2.63. The summed E-state index contributed by atoms with van der Waals surface area (Å²) in [5.74, 6) is 0. The molecule has 1 unspecified atom stereocenters. The zero-order valence-electron chi connectivity index (χ0n) is 6.26. The van der Waals surface area contributed by atoms with E-state index in [2.05, 4.69) is 45.2 Å². The summed E-state index contributed by atoms with van der Waals surface area (Å²) in [6.07, 6.45) is 3.14. The lowest BCUT2D eigenvalue weighted by molar-refractivity contribution is 0.960. The minimum Gasteiger partial charge on any atom is -0.171 e. The Balaban J connectivity index is 2.88. The zero-order valence-corrected chi connectivity index (χ0v) is 8.05. The van der Waals surface area contributed by atoms with Crippen LogP contribution in [-0.4, -0.2) is 5.25 Å². The van der Waals surface area contributed by atoms with Crippen LogP contribution in [0.4, 0.5) is 0 Å². The first-order valence-electron chi connectivity index (χ1n) is 3.36. The topological polar surface area (TPSA) is 0 Å². The van der Waals surface area contributed by atoms with Gasteiger partial charge in [0.25, 0.3) is 0 Å². The van der Waals surface area contributed by atoms with E-state index in [0.29, 0.717) is 5.25 Å². The van der Waals surface area contributed by atoms with Gasteiger partial charge in [0.1, 0.15) is 0 Å². The predicted molar refractivity (Wildman–Crippen MR) is 52.8 cm³/mol. The summed E-state index contributed by atoms with van der Waals surface area (Å²) in [4.78, 5) is 1.17. The molecule has 0 aromatic rings. The first-order chi connectivity index (χ1) is 4.61. The van der Waals surface area contributed by atoms with E-state index in [9.17, 15) is 0 Å². The van der Waals surface area contributed by atoms with Crippen LogP contribution in [0.5, 0.6) is 0 Å². The maximum atomic E-state index is 4.40. The van der Waals surface area contributed by atoms with Gasteiger partial charge in [-0.2, -0.15) is 12.6 Å². The van der Waals surface area contributed by atoms with E-state index in [1.807, 2.05) is 0 Å². The van der Waals surface area contributed by atoms with Crippen LogP contribution in [-0.2, 0) is 0 Å². The summed E-state index contributed by atoms with van der Waals surface area (Å²) in [6, 6.07) is 0. The molecular formula is C8H12S2. The SMILES string of the molecule is CC1=CC(C)=C(S)CC1S. The van der Waals surface area contributed by atoms with Crippen LogP contribution in [0, 0.1) is 0 Å². The third kappa shape index (κ3) is 1.61. The average Bonchev–Trinajstić information content (AvgIpc) is 1.84. The van der Waals surface area contributed by atoms with Gasteiger partial charge in [0.05, 0.1) is 0 Å². The molecule has 1 atom stereocenters. The fourth-order valence-corrected chi connectivity index (χ4v) is 1.67. The molecule has 2 heteroatoms. The third-order valence-corrected chi connectivity index (χ3v) is 2.94. The summed E-state index contributed by atoms with van der Waals surface area (Å²) < 4.78 is 0. The van der Waals surface area contributed by atoms with Gasteiger partial charge >= 0.3 is 0 Å². The molecule has 1 rings (SSSR count). The number of allylic oxidation sites excluding steroid dienone is 3. The van der Waals surface area contributed by atoms with E-state index in [1.54, 1.807) is 0 Å². The Morgan fingerprint density at radius 1 is 1.50 bits per heavy atom. The maximum Gasteiger partial charge on any atom is 0.0272 e. The monoisotopic (exact) mass is 172 g/mol. The summed E-state index contributed by atoms with van der Waals surface area (Å²) in [5, 5.41) is 0.385. The highest BCUT2D eigenvalue weighted by Crippen LogP contribution is 2.28. The number of thiol groups is 2. The minimum absolute atomic E-state index is 0.385. The van der Waals surface area contributed by atoms with Gasteiger partial charge in [0.2, 0.25) is 0 Å². The standard InChI is InChI=1S/C8H12S2/c1-5-3-6(2)8(10)4-7(5)9/h3,7,9-10H,4H2,1-2H3. The zero-order chi connectivity index (χ0) is 7.72. The van der Waals surface area contributed by atoms with Gasteiger partial charge < -0.3 is 0 Å². The van der Waals surface area contributed by atoms with Crippen LogP contribution >= 0.6 is 25.3 Å². The highest BCUT2D eigenvalue weighted by atomic mass is 32.1. The quantitative estimate of drug-likeness (QED) is 0.516. The average molecular weight is 172 g/mol. The summed E-state index contributed by atoms with van der Waals surface area (Å²) >= 11 is 8.75. The number of hydrogen-bond acceptors (Lipinski definition) is 2. The summed E-state index contributed by atoms with van der Waals surface area (Å²) in [6.45, 7) is 4.20. The van der Waals surface area contributed by atoms with Crippen molar-refractivity contribution < 1.29 is 0 Å². The molecule has 10 heavy (non-hydrogen) atoms. The normalized spacial score (nSPS) is 26.8. The second-order valence-electron chi connectivity index (χ2n) is 2.74. The first kappa shape index (κ1) is 8.28. The minimum atomic E-state index is 0.385. The molecule has 0 saturated carbocycles. The molecule has 0 spiro atoms. The van der Waals surface area contributed by atoms with Crippen molar-refractivity contribution >= 4 is 25.3 Å². The van der Waals surface area contributed by atoms with Crippen molar-refractivity contribution in [3.63, 3.8) is 0 Å². The van der Waals surface area contributed by atoms with Crippen molar-refractivity contribution in [3.05, 3.63) is 22.1 Å². The van der Waals surface area contributed by atoms with E-state index < -0.39 is 0 Å². The lowest BCUT2D eigenvalue weighted by atomic mass is 10.0. The second-order valence-corrected chi connectivity index (χ2v) is 3.90. The van der Waals surface area contributed by atoms with E-state index in [4.69, 9.17) is 0 Å². The van der Waals surface area contributed by atoms with Gasteiger partial charge in [-0.25, -0.2) is 0 Å². The Morgan fingerprint density at radius 3 is 2.60 bits per heavy atom. The Kier molecular flexibility index (Phi) is 2.53. The number of hydrogen-bond donors (Lipinski definition) is 2. The fourth-order valence-electron chi connectivity index (χ4n) is 1.03. The largest absolute Gasteiger partial charge is 0.171 e. The highest BCUT2D eigenvalue weighted by molar-refractivity contribution is 7.84. The molecular weight excluding hydrogens is 160 g/mol. The molecule has 0 nitrogen and oxygen atoms in total. The molecule has 1 aliphatic carbocycles. The molecule has 0 aromatic carbocycles. The van der Waals surface area contributed by atoms with Crippen molar-refractivity contribution in [3.8, 4) is 0 Å². The Labute approximate surface area is 73.2 Å². The smallest absolute Gasteiger partial charge is 0.0272 e. The molecule has 0 fully saturated rings. The lowest BCUT2D eigenvalue weighted by Gasteiger charge is -2.18. The van der Waals surface area contributed by atoms with Crippen LogP contribution in [0.3, 0.4) is 0 Å². The number of rotatable bonds is 0. The molecule has 1 aliphatic rings. The molecule has 0 aromatic heterocycles. The van der Waals surface area contributed by atoms with Crippen molar-refractivity contribution in [2.45, 2.75) is 25.5 Å². The molecule has 0 N–H and O–H groups in total. The van der Waals surface area contributed by atoms with E-state index in [1.165, 1.54) is 16.1 Å². The summed E-state index contributed by atoms with van der Waals surface area (Å²) in [7, 11) is 0. The highest BCUT2D eigenvalue weighted by Gasteiger charge is 2.12. The molecule has 56 valence electrons. The first-order valence-corrected chi connectivity index (χ1v) is 4.32. The fraction of sp³-hybridized carbons (Fsp3) is 0.500. The van der Waals surface area contributed by atoms with Gasteiger partial charge in [-0.15, -0.1) is 12.6 Å².